The Balaban J connectivity index is 1.55. The summed E-state index contributed by atoms with van der Waals surface area (Å²) in [5.74, 6) is -0.573. The number of hydrogen-bond acceptors (Lipinski definition) is 6. The van der Waals surface area contributed by atoms with Gasteiger partial charge in [0.05, 0.1) is 7.11 Å². The van der Waals surface area contributed by atoms with Crippen LogP contribution in [-0.4, -0.2) is 38.7 Å². The zero-order chi connectivity index (χ0) is 19.2. The van der Waals surface area contributed by atoms with Crippen LogP contribution < -0.4 is 14.2 Å². The van der Waals surface area contributed by atoms with Gasteiger partial charge in [0.1, 0.15) is 13.2 Å². The minimum atomic E-state index is -0.688. The lowest BCUT2D eigenvalue weighted by Gasteiger charge is -2.18. The fourth-order valence-electron chi connectivity index (χ4n) is 2.44. The van der Waals surface area contributed by atoms with Crippen LogP contribution in [0, 0.1) is 5.82 Å². The Labute approximate surface area is 155 Å². The summed E-state index contributed by atoms with van der Waals surface area (Å²) in [4.78, 5) is 23.8. The first-order valence-corrected chi connectivity index (χ1v) is 8.18. The van der Waals surface area contributed by atoms with E-state index in [2.05, 4.69) is 0 Å². The molecule has 27 heavy (non-hydrogen) atoms. The standard InChI is InChI=1S/C20H17FO6/c1-24-17-6-4-14(11-15(17)21)16(22)12-27-20(23)7-3-13-2-5-18-19(10-13)26-9-8-25-18/h2-7,10-11H,8-9,12H2,1H3/b7-3+. The molecule has 0 aliphatic carbocycles. The van der Waals surface area contributed by atoms with E-state index >= 15 is 0 Å². The third kappa shape index (κ3) is 4.63. The summed E-state index contributed by atoms with van der Waals surface area (Å²) in [5.41, 5.74) is 0.816. The van der Waals surface area contributed by atoms with E-state index in [0.29, 0.717) is 24.7 Å². The molecule has 7 heteroatoms. The number of fused-ring (bicyclic) bond motifs is 1. The van der Waals surface area contributed by atoms with Gasteiger partial charge in [0, 0.05) is 11.6 Å². The minimum absolute atomic E-state index is 0.0332. The van der Waals surface area contributed by atoms with Gasteiger partial charge >= 0.3 is 5.97 Å². The van der Waals surface area contributed by atoms with Crippen LogP contribution in [0.15, 0.2) is 42.5 Å². The van der Waals surface area contributed by atoms with E-state index in [1.165, 1.54) is 31.4 Å². The molecular weight excluding hydrogens is 355 g/mol. The minimum Gasteiger partial charge on any atom is -0.494 e. The highest BCUT2D eigenvalue weighted by Gasteiger charge is 2.13. The first-order valence-electron chi connectivity index (χ1n) is 8.18. The topological polar surface area (TPSA) is 71.1 Å². The van der Waals surface area contributed by atoms with Crippen LogP contribution in [0.4, 0.5) is 4.39 Å². The second kappa shape index (κ2) is 8.35. The Morgan fingerprint density at radius 2 is 1.89 bits per heavy atom. The highest BCUT2D eigenvalue weighted by Crippen LogP contribution is 2.31. The van der Waals surface area contributed by atoms with Gasteiger partial charge in [0.2, 0.25) is 0 Å². The van der Waals surface area contributed by atoms with Crippen molar-refractivity contribution in [3.05, 3.63) is 59.4 Å². The Kier molecular flexibility index (Phi) is 5.71. The predicted molar refractivity (Wildman–Crippen MR) is 94.7 cm³/mol. The average molecular weight is 372 g/mol. The second-order valence-corrected chi connectivity index (χ2v) is 5.62. The van der Waals surface area contributed by atoms with Crippen LogP contribution in [0.3, 0.4) is 0 Å². The molecule has 140 valence electrons. The molecule has 0 bridgehead atoms. The Morgan fingerprint density at radius 3 is 2.63 bits per heavy atom. The molecule has 0 atom stereocenters. The van der Waals surface area contributed by atoms with Crippen molar-refractivity contribution in [3.63, 3.8) is 0 Å². The summed E-state index contributed by atoms with van der Waals surface area (Å²) >= 11 is 0. The molecule has 6 nitrogen and oxygen atoms in total. The number of ketones is 1. The maximum Gasteiger partial charge on any atom is 0.331 e. The van der Waals surface area contributed by atoms with E-state index in [4.69, 9.17) is 18.9 Å². The average Bonchev–Trinajstić information content (AvgIpc) is 2.70. The lowest BCUT2D eigenvalue weighted by Crippen LogP contribution is -2.15. The van der Waals surface area contributed by atoms with E-state index < -0.39 is 24.2 Å². The summed E-state index contributed by atoms with van der Waals surface area (Å²) in [6, 6.07) is 9.04. The van der Waals surface area contributed by atoms with Crippen molar-refractivity contribution in [3.8, 4) is 17.2 Å². The second-order valence-electron chi connectivity index (χ2n) is 5.62. The lowest BCUT2D eigenvalue weighted by molar-refractivity contribution is -0.136. The van der Waals surface area contributed by atoms with Gasteiger partial charge in [0.25, 0.3) is 0 Å². The van der Waals surface area contributed by atoms with Crippen molar-refractivity contribution in [2.45, 2.75) is 0 Å². The molecule has 2 aromatic carbocycles. The van der Waals surface area contributed by atoms with Crippen LogP contribution in [0.2, 0.25) is 0 Å². The molecular formula is C20H17FO6. The number of Topliss-reactive ketones (excluding diaryl/α,β-unsaturated/α-hetero) is 1. The monoisotopic (exact) mass is 372 g/mol. The van der Waals surface area contributed by atoms with Crippen molar-refractivity contribution in [2.24, 2.45) is 0 Å². The van der Waals surface area contributed by atoms with E-state index in [9.17, 15) is 14.0 Å². The maximum atomic E-state index is 13.6. The van der Waals surface area contributed by atoms with E-state index in [1.54, 1.807) is 18.2 Å². The third-order valence-corrected chi connectivity index (χ3v) is 3.80. The Hall–Kier alpha value is -3.35. The molecule has 0 fully saturated rings. The SMILES string of the molecule is COc1ccc(C(=O)COC(=O)/C=C/c2ccc3c(c2)OCCO3)cc1F. The maximum absolute atomic E-state index is 13.6. The highest BCUT2D eigenvalue weighted by atomic mass is 19.1. The number of esters is 1. The van der Waals surface area contributed by atoms with Gasteiger partial charge in [-0.15, -0.1) is 0 Å². The molecule has 0 N–H and O–H groups in total. The molecule has 1 aliphatic heterocycles. The number of benzene rings is 2. The molecule has 0 amide bonds. The third-order valence-electron chi connectivity index (χ3n) is 3.80. The number of halogens is 1. The zero-order valence-corrected chi connectivity index (χ0v) is 14.6. The van der Waals surface area contributed by atoms with Crippen molar-refractivity contribution in [2.75, 3.05) is 26.9 Å². The number of carbonyl (C=O) groups excluding carboxylic acids is 2. The molecule has 1 aliphatic rings. The summed E-state index contributed by atoms with van der Waals surface area (Å²) < 4.78 is 34.2. The molecule has 0 saturated heterocycles. The Bertz CT molecular complexity index is 890. The molecule has 0 radical (unpaired) electrons. The molecule has 0 spiro atoms. The zero-order valence-electron chi connectivity index (χ0n) is 14.6. The van der Waals surface area contributed by atoms with Gasteiger partial charge in [0.15, 0.2) is 35.5 Å². The molecule has 0 saturated carbocycles. The van der Waals surface area contributed by atoms with Crippen molar-refractivity contribution < 1.29 is 32.9 Å². The molecule has 0 aromatic heterocycles. The lowest BCUT2D eigenvalue weighted by atomic mass is 10.1. The molecule has 0 unspecified atom stereocenters. The van der Waals surface area contributed by atoms with Crippen LogP contribution in [-0.2, 0) is 9.53 Å². The van der Waals surface area contributed by atoms with Crippen molar-refractivity contribution in [1.29, 1.82) is 0 Å². The number of rotatable bonds is 6. The van der Waals surface area contributed by atoms with E-state index in [1.807, 2.05) is 0 Å². The van der Waals surface area contributed by atoms with Crippen LogP contribution in [0.25, 0.3) is 6.08 Å². The normalized spacial score (nSPS) is 12.7. The fraction of sp³-hybridized carbons (Fsp3) is 0.200. The summed E-state index contributed by atoms with van der Waals surface area (Å²) in [5, 5.41) is 0. The predicted octanol–water partition coefficient (Wildman–Crippen LogP) is 3.04. The summed E-state index contributed by atoms with van der Waals surface area (Å²) in [6.45, 7) is 0.479. The van der Waals surface area contributed by atoms with E-state index in [0.717, 1.165) is 11.6 Å². The fourth-order valence-corrected chi connectivity index (χ4v) is 2.44. The number of methoxy groups -OCH3 is 1. The summed E-state index contributed by atoms with van der Waals surface area (Å²) in [6.07, 6.45) is 2.74. The smallest absolute Gasteiger partial charge is 0.331 e. The first kappa shape index (κ1) is 18.4. The Morgan fingerprint density at radius 1 is 1.11 bits per heavy atom. The van der Waals surface area contributed by atoms with Crippen LogP contribution >= 0.6 is 0 Å². The summed E-state index contributed by atoms with van der Waals surface area (Å²) in [7, 11) is 1.33. The highest BCUT2D eigenvalue weighted by molar-refractivity contribution is 5.99. The molecule has 2 aromatic rings. The first-order chi connectivity index (χ1) is 13.1. The van der Waals surface area contributed by atoms with Gasteiger partial charge in [-0.05, 0) is 42.0 Å². The van der Waals surface area contributed by atoms with Gasteiger partial charge in [-0.1, -0.05) is 6.07 Å². The number of hydrogen-bond donors (Lipinski definition) is 0. The van der Waals surface area contributed by atoms with Gasteiger partial charge < -0.3 is 18.9 Å². The van der Waals surface area contributed by atoms with Gasteiger partial charge in [-0.3, -0.25) is 4.79 Å². The number of carbonyl (C=O) groups is 2. The van der Waals surface area contributed by atoms with Crippen molar-refractivity contribution in [1.82, 2.24) is 0 Å². The molecule has 1 heterocycles. The largest absolute Gasteiger partial charge is 0.494 e. The number of ether oxygens (including phenoxy) is 4. The van der Waals surface area contributed by atoms with Crippen LogP contribution in [0.5, 0.6) is 17.2 Å². The quantitative estimate of drug-likeness (QED) is 0.441. The van der Waals surface area contributed by atoms with E-state index in [-0.39, 0.29) is 11.3 Å². The van der Waals surface area contributed by atoms with Crippen LogP contribution in [0.1, 0.15) is 15.9 Å². The molecule has 3 rings (SSSR count). The van der Waals surface area contributed by atoms with Gasteiger partial charge in [-0.2, -0.15) is 0 Å². The van der Waals surface area contributed by atoms with Gasteiger partial charge in [-0.25, -0.2) is 9.18 Å². The van der Waals surface area contributed by atoms with Crippen molar-refractivity contribution >= 4 is 17.8 Å².